The van der Waals surface area contributed by atoms with E-state index in [2.05, 4.69) is 20.9 Å². The van der Waals surface area contributed by atoms with Crippen molar-refractivity contribution in [2.75, 3.05) is 13.7 Å². The van der Waals surface area contributed by atoms with E-state index in [9.17, 15) is 9.59 Å². The second-order valence-corrected chi connectivity index (χ2v) is 13.3. The Balaban J connectivity index is 1.58. The van der Waals surface area contributed by atoms with E-state index in [1.165, 1.54) is 15.9 Å². The molecule has 3 aromatic carbocycles. The molecular weight excluding hydrogens is 715 g/mol. The first-order chi connectivity index (χ1) is 22.0. The highest BCUT2D eigenvalue weighted by Crippen LogP contribution is 2.37. The van der Waals surface area contributed by atoms with E-state index < -0.39 is 12.0 Å². The Morgan fingerprint density at radius 3 is 2.54 bits per heavy atom. The molecule has 4 aromatic rings. The molecule has 0 unspecified atom stereocenters. The molecule has 0 amide bonds. The van der Waals surface area contributed by atoms with Gasteiger partial charge in [0, 0.05) is 10.6 Å². The molecule has 0 saturated heterocycles. The summed E-state index contributed by atoms with van der Waals surface area (Å²) in [4.78, 5) is 32.5. The standard InChI is InChI=1S/C34H31BrCl2N2O6S/c1-6-43-33(41)29-19(4)38-34-39(30(29)21-11-12-26(45-18(2)3)27(16-21)42-5)32(40)28(46-34)15-20-13-23(35)31(25(37)14-20)44-17-22-9-7-8-10-24(22)36/h7-16,18,30H,6,17H2,1-5H3/b28-15-/t30-/m0/s1. The summed E-state index contributed by atoms with van der Waals surface area (Å²) in [7, 11) is 1.54. The van der Waals surface area contributed by atoms with E-state index in [1.54, 1.807) is 51.3 Å². The normalized spacial score (nSPS) is 14.6. The number of methoxy groups -OCH3 is 1. The van der Waals surface area contributed by atoms with E-state index in [-0.39, 0.29) is 30.5 Å². The van der Waals surface area contributed by atoms with Crippen molar-refractivity contribution < 1.29 is 23.7 Å². The summed E-state index contributed by atoms with van der Waals surface area (Å²) in [5.74, 6) is 0.928. The quantitative estimate of drug-likeness (QED) is 0.159. The van der Waals surface area contributed by atoms with Crippen molar-refractivity contribution >= 4 is 62.5 Å². The van der Waals surface area contributed by atoms with Crippen LogP contribution >= 0.6 is 50.5 Å². The molecule has 2 heterocycles. The van der Waals surface area contributed by atoms with E-state index in [4.69, 9.17) is 42.1 Å². The molecule has 0 aliphatic carbocycles. The van der Waals surface area contributed by atoms with Crippen LogP contribution in [0.2, 0.25) is 10.0 Å². The molecule has 0 bridgehead atoms. The molecule has 0 fully saturated rings. The van der Waals surface area contributed by atoms with Crippen LogP contribution in [0, 0.1) is 0 Å². The van der Waals surface area contributed by atoms with Gasteiger partial charge >= 0.3 is 5.97 Å². The number of rotatable bonds is 10. The number of aromatic nitrogens is 1. The number of hydrogen-bond acceptors (Lipinski definition) is 8. The van der Waals surface area contributed by atoms with Crippen molar-refractivity contribution in [3.05, 3.63) is 117 Å². The van der Waals surface area contributed by atoms with Crippen molar-refractivity contribution in [1.29, 1.82) is 0 Å². The first kappa shape index (κ1) is 33.8. The van der Waals surface area contributed by atoms with Crippen LogP contribution in [0.4, 0.5) is 0 Å². The number of benzene rings is 3. The minimum atomic E-state index is -0.810. The second-order valence-electron chi connectivity index (χ2n) is 10.6. The molecule has 0 radical (unpaired) electrons. The minimum Gasteiger partial charge on any atom is -0.493 e. The van der Waals surface area contributed by atoms with Crippen molar-refractivity contribution in [3.8, 4) is 17.2 Å². The fraction of sp³-hybridized carbons (Fsp3) is 0.265. The zero-order chi connectivity index (χ0) is 33.1. The van der Waals surface area contributed by atoms with Gasteiger partial charge in [-0.2, -0.15) is 0 Å². The molecule has 5 rings (SSSR count). The third-order valence-electron chi connectivity index (χ3n) is 7.03. The number of hydrogen-bond donors (Lipinski definition) is 0. The third kappa shape index (κ3) is 7.05. The van der Waals surface area contributed by atoms with Gasteiger partial charge in [0.15, 0.2) is 22.0 Å². The number of allylic oxidation sites excluding steroid dienone is 1. The van der Waals surface area contributed by atoms with E-state index in [0.717, 1.165) is 5.56 Å². The molecular formula is C34H31BrCl2N2O6S. The summed E-state index contributed by atoms with van der Waals surface area (Å²) in [6, 6.07) is 15.5. The number of carbonyl (C=O) groups is 1. The zero-order valence-corrected chi connectivity index (χ0v) is 29.6. The molecule has 1 aromatic heterocycles. The number of esters is 1. The smallest absolute Gasteiger partial charge is 0.338 e. The lowest BCUT2D eigenvalue weighted by Crippen LogP contribution is -2.40. The second kappa shape index (κ2) is 14.5. The number of halogens is 3. The molecule has 1 atom stereocenters. The Labute approximate surface area is 288 Å². The van der Waals surface area contributed by atoms with Gasteiger partial charge in [-0.05, 0) is 91.2 Å². The molecule has 1 aliphatic rings. The van der Waals surface area contributed by atoms with Gasteiger partial charge < -0.3 is 18.9 Å². The number of fused-ring (bicyclic) bond motifs is 1. The van der Waals surface area contributed by atoms with Gasteiger partial charge in [-0.3, -0.25) is 9.36 Å². The molecule has 0 saturated carbocycles. The highest BCUT2D eigenvalue weighted by Gasteiger charge is 2.34. The van der Waals surface area contributed by atoms with Gasteiger partial charge in [0.25, 0.3) is 5.56 Å². The van der Waals surface area contributed by atoms with Gasteiger partial charge in [0.05, 0.1) is 51.2 Å². The lowest BCUT2D eigenvalue weighted by atomic mass is 9.95. The monoisotopic (exact) mass is 744 g/mol. The Morgan fingerprint density at radius 1 is 1.11 bits per heavy atom. The van der Waals surface area contributed by atoms with Crippen molar-refractivity contribution in [1.82, 2.24) is 4.57 Å². The Morgan fingerprint density at radius 2 is 1.87 bits per heavy atom. The zero-order valence-electron chi connectivity index (χ0n) is 25.7. The molecule has 0 spiro atoms. The molecule has 8 nitrogen and oxygen atoms in total. The maximum atomic E-state index is 14.1. The average Bonchev–Trinajstić information content (AvgIpc) is 3.30. The van der Waals surface area contributed by atoms with E-state index in [0.29, 0.717) is 57.9 Å². The molecule has 12 heteroatoms. The van der Waals surface area contributed by atoms with Crippen LogP contribution in [0.1, 0.15) is 50.4 Å². The van der Waals surface area contributed by atoms with Crippen molar-refractivity contribution in [3.63, 3.8) is 0 Å². The SMILES string of the molecule is CCOC(=O)C1=C(C)N=c2s/c(=C\c3cc(Cl)c(OCc4ccccc4Cl)c(Br)c3)c(=O)n2[C@H]1c1ccc(OC(C)C)c(OC)c1. The summed E-state index contributed by atoms with van der Waals surface area (Å²) >= 11 is 17.7. The molecule has 240 valence electrons. The number of carbonyl (C=O) groups excluding carboxylic acids is 1. The van der Waals surface area contributed by atoms with Crippen LogP contribution in [0.15, 0.2) is 80.1 Å². The average molecular weight is 747 g/mol. The summed E-state index contributed by atoms with van der Waals surface area (Å²) < 4.78 is 25.5. The van der Waals surface area contributed by atoms with Crippen LogP contribution in [-0.2, 0) is 16.1 Å². The first-order valence-electron chi connectivity index (χ1n) is 14.4. The Kier molecular flexibility index (Phi) is 10.6. The van der Waals surface area contributed by atoms with E-state index >= 15 is 0 Å². The summed E-state index contributed by atoms with van der Waals surface area (Å²) in [5, 5.41) is 0.953. The third-order valence-corrected chi connectivity index (χ3v) is 9.25. The largest absolute Gasteiger partial charge is 0.493 e. The van der Waals surface area contributed by atoms with E-state index in [1.807, 2.05) is 44.2 Å². The maximum absolute atomic E-state index is 14.1. The Bertz CT molecular complexity index is 2000. The number of nitrogens with zero attached hydrogens (tertiary/aromatic N) is 2. The molecule has 0 N–H and O–H groups in total. The fourth-order valence-corrected chi connectivity index (χ4v) is 7.26. The topological polar surface area (TPSA) is 88.4 Å². The van der Waals surface area contributed by atoms with Gasteiger partial charge in [0.1, 0.15) is 6.61 Å². The fourth-order valence-electron chi connectivity index (χ4n) is 5.03. The summed E-state index contributed by atoms with van der Waals surface area (Å²) in [6.07, 6.45) is 1.66. The summed E-state index contributed by atoms with van der Waals surface area (Å²) in [5.41, 5.74) is 2.54. The lowest BCUT2D eigenvalue weighted by Gasteiger charge is -2.25. The summed E-state index contributed by atoms with van der Waals surface area (Å²) in [6.45, 7) is 7.71. The lowest BCUT2D eigenvalue weighted by molar-refractivity contribution is -0.139. The van der Waals surface area contributed by atoms with Gasteiger partial charge in [-0.25, -0.2) is 9.79 Å². The minimum absolute atomic E-state index is 0.0776. The van der Waals surface area contributed by atoms with Crippen LogP contribution in [0.5, 0.6) is 17.2 Å². The maximum Gasteiger partial charge on any atom is 0.338 e. The van der Waals surface area contributed by atoms with Crippen LogP contribution in [0.3, 0.4) is 0 Å². The predicted octanol–water partition coefficient (Wildman–Crippen LogP) is 7.24. The van der Waals surface area contributed by atoms with Crippen molar-refractivity contribution in [2.24, 2.45) is 4.99 Å². The van der Waals surface area contributed by atoms with Gasteiger partial charge in [0.2, 0.25) is 0 Å². The number of ether oxygens (including phenoxy) is 4. The van der Waals surface area contributed by atoms with Crippen LogP contribution < -0.4 is 29.1 Å². The predicted molar refractivity (Wildman–Crippen MR) is 184 cm³/mol. The highest BCUT2D eigenvalue weighted by molar-refractivity contribution is 9.10. The van der Waals surface area contributed by atoms with Gasteiger partial charge in [-0.15, -0.1) is 0 Å². The van der Waals surface area contributed by atoms with Crippen LogP contribution in [-0.4, -0.2) is 30.4 Å². The van der Waals surface area contributed by atoms with Gasteiger partial charge in [-0.1, -0.05) is 58.8 Å². The molecule has 1 aliphatic heterocycles. The number of thiazole rings is 1. The highest BCUT2D eigenvalue weighted by atomic mass is 79.9. The first-order valence-corrected chi connectivity index (χ1v) is 16.8. The Hall–Kier alpha value is -3.57. The van der Waals surface area contributed by atoms with Crippen LogP contribution in [0.25, 0.3) is 6.08 Å². The molecule has 46 heavy (non-hydrogen) atoms. The van der Waals surface area contributed by atoms with Crippen molar-refractivity contribution in [2.45, 2.75) is 46.4 Å².